The van der Waals surface area contributed by atoms with E-state index in [1.807, 2.05) is 0 Å². The van der Waals surface area contributed by atoms with Crippen LogP contribution in [0.5, 0.6) is 0 Å². The molecule has 1 aliphatic rings. The van der Waals surface area contributed by atoms with Gasteiger partial charge in [0.25, 0.3) is 0 Å². The highest BCUT2D eigenvalue weighted by molar-refractivity contribution is 7.89. The zero-order valence-electron chi connectivity index (χ0n) is 15.9. The molecule has 0 heterocycles. The van der Waals surface area contributed by atoms with E-state index in [-0.39, 0.29) is 29.2 Å². The Balaban J connectivity index is 1.86. The monoisotopic (exact) mass is 404 g/mol. The number of rotatable bonds is 6. The molecule has 7 heteroatoms. The first kappa shape index (κ1) is 20.5. The molecule has 1 aliphatic carbocycles. The van der Waals surface area contributed by atoms with Gasteiger partial charge in [-0.15, -0.1) is 0 Å². The molecule has 0 atom stereocenters. The van der Waals surface area contributed by atoms with Crippen LogP contribution in [0.4, 0.5) is 10.1 Å². The number of amides is 1. The van der Waals surface area contributed by atoms with E-state index >= 15 is 0 Å². The summed E-state index contributed by atoms with van der Waals surface area (Å²) in [6.07, 6.45) is 4.49. The second-order valence-corrected chi connectivity index (χ2v) is 8.97. The third kappa shape index (κ3) is 4.59. The van der Waals surface area contributed by atoms with Crippen LogP contribution in [-0.2, 0) is 14.8 Å². The van der Waals surface area contributed by atoms with Crippen molar-refractivity contribution >= 4 is 21.6 Å². The Kier molecular flexibility index (Phi) is 6.46. The fourth-order valence-corrected chi connectivity index (χ4v) is 5.21. The average molecular weight is 405 g/mol. The summed E-state index contributed by atoms with van der Waals surface area (Å²) >= 11 is 0. The summed E-state index contributed by atoms with van der Waals surface area (Å²) in [6.45, 7) is -0.240. The number of hydrogen-bond donors (Lipinski definition) is 0. The minimum Gasteiger partial charge on any atom is -0.314 e. The van der Waals surface area contributed by atoms with Crippen LogP contribution in [0.2, 0.25) is 0 Å². The molecule has 0 bridgehead atoms. The highest BCUT2D eigenvalue weighted by atomic mass is 32.2. The lowest BCUT2D eigenvalue weighted by molar-refractivity contribution is -0.119. The van der Waals surface area contributed by atoms with E-state index in [9.17, 15) is 17.6 Å². The van der Waals surface area contributed by atoms with Crippen LogP contribution >= 0.6 is 0 Å². The molecular formula is C21H25FN2O3S. The van der Waals surface area contributed by atoms with Crippen molar-refractivity contribution in [2.45, 2.75) is 43.0 Å². The molecule has 0 unspecified atom stereocenters. The second-order valence-electron chi connectivity index (χ2n) is 7.08. The highest BCUT2D eigenvalue weighted by Gasteiger charge is 2.34. The maximum Gasteiger partial charge on any atom is 0.243 e. The quantitative estimate of drug-likeness (QED) is 0.736. The average Bonchev–Trinajstić information content (AvgIpc) is 2.73. The van der Waals surface area contributed by atoms with Crippen molar-refractivity contribution < 1.29 is 17.6 Å². The van der Waals surface area contributed by atoms with Crippen LogP contribution in [0.15, 0.2) is 59.5 Å². The number of likely N-dealkylation sites (N-methyl/N-ethyl adjacent to an activating group) is 1. The molecule has 1 amide bonds. The number of hydrogen-bond acceptors (Lipinski definition) is 3. The number of sulfonamides is 1. The Bertz CT molecular complexity index is 895. The molecule has 5 nitrogen and oxygen atoms in total. The molecule has 150 valence electrons. The van der Waals surface area contributed by atoms with Crippen LogP contribution in [-0.4, -0.2) is 38.3 Å². The van der Waals surface area contributed by atoms with Gasteiger partial charge in [-0.05, 0) is 49.2 Å². The van der Waals surface area contributed by atoms with E-state index in [2.05, 4.69) is 0 Å². The van der Waals surface area contributed by atoms with Gasteiger partial charge in [0.1, 0.15) is 5.82 Å². The van der Waals surface area contributed by atoms with Crippen LogP contribution in [0.1, 0.15) is 32.1 Å². The van der Waals surface area contributed by atoms with Gasteiger partial charge in [0, 0.05) is 18.8 Å². The number of carbonyl (C=O) groups excluding carboxylic acids is 1. The summed E-state index contributed by atoms with van der Waals surface area (Å²) in [5, 5.41) is 0. The van der Waals surface area contributed by atoms with Gasteiger partial charge < -0.3 is 4.90 Å². The summed E-state index contributed by atoms with van der Waals surface area (Å²) in [5.41, 5.74) is 0.520. The van der Waals surface area contributed by atoms with Crippen molar-refractivity contribution in [2.24, 2.45) is 0 Å². The zero-order chi connectivity index (χ0) is 20.1. The van der Waals surface area contributed by atoms with Gasteiger partial charge in [0.05, 0.1) is 11.4 Å². The van der Waals surface area contributed by atoms with Gasteiger partial charge in [-0.3, -0.25) is 4.79 Å². The fourth-order valence-electron chi connectivity index (χ4n) is 3.56. The predicted molar refractivity (Wildman–Crippen MR) is 107 cm³/mol. The molecule has 0 aliphatic heterocycles. The van der Waals surface area contributed by atoms with Crippen LogP contribution in [0, 0.1) is 5.82 Å². The summed E-state index contributed by atoms with van der Waals surface area (Å²) in [6, 6.07) is 13.6. The number of anilines is 1. The van der Waals surface area contributed by atoms with E-state index in [0.29, 0.717) is 5.69 Å². The third-order valence-corrected chi connectivity index (χ3v) is 7.12. The Morgan fingerprint density at radius 3 is 2.21 bits per heavy atom. The van der Waals surface area contributed by atoms with Crippen molar-refractivity contribution in [2.75, 3.05) is 18.5 Å². The van der Waals surface area contributed by atoms with Gasteiger partial charge >= 0.3 is 0 Å². The zero-order valence-corrected chi connectivity index (χ0v) is 16.7. The maximum absolute atomic E-state index is 13.3. The predicted octanol–water partition coefficient (Wildman–Crippen LogP) is 3.81. The van der Waals surface area contributed by atoms with Crippen molar-refractivity contribution in [1.82, 2.24) is 4.31 Å². The van der Waals surface area contributed by atoms with Gasteiger partial charge in [0.2, 0.25) is 15.9 Å². The third-order valence-electron chi connectivity index (χ3n) is 5.21. The molecule has 1 saturated carbocycles. The number of carbonyl (C=O) groups is 1. The molecule has 28 heavy (non-hydrogen) atoms. The minimum absolute atomic E-state index is 0.190. The molecule has 0 saturated heterocycles. The van der Waals surface area contributed by atoms with Crippen LogP contribution in [0.3, 0.4) is 0 Å². The minimum atomic E-state index is -3.79. The smallest absolute Gasteiger partial charge is 0.243 e. The van der Waals surface area contributed by atoms with Gasteiger partial charge in [-0.1, -0.05) is 37.5 Å². The molecule has 0 aromatic heterocycles. The number of halogens is 1. The van der Waals surface area contributed by atoms with Crippen molar-refractivity contribution in [3.8, 4) is 0 Å². The lowest BCUT2D eigenvalue weighted by Crippen LogP contribution is -2.47. The maximum atomic E-state index is 13.3. The van der Waals surface area contributed by atoms with E-state index < -0.39 is 10.0 Å². The Morgan fingerprint density at radius 2 is 1.61 bits per heavy atom. The first-order valence-electron chi connectivity index (χ1n) is 9.48. The Morgan fingerprint density at radius 1 is 1.00 bits per heavy atom. The number of benzene rings is 2. The van der Waals surface area contributed by atoms with Crippen molar-refractivity contribution in [3.05, 3.63) is 60.4 Å². The largest absolute Gasteiger partial charge is 0.314 e. The standard InChI is InChI=1S/C21H25FN2O3S/c1-23(18-14-12-17(22)13-15-18)21(25)16-24(19-8-4-2-5-9-19)28(26,27)20-10-6-3-7-11-20/h3,6-7,10-15,19H,2,4-5,8-9,16H2,1H3. The fraction of sp³-hybridized carbons (Fsp3) is 0.381. The summed E-state index contributed by atoms with van der Waals surface area (Å²) in [5.74, 6) is -0.739. The van der Waals surface area contributed by atoms with E-state index in [4.69, 9.17) is 0 Å². The van der Waals surface area contributed by atoms with Gasteiger partial charge in [-0.2, -0.15) is 4.31 Å². The Labute approximate surface area is 165 Å². The SMILES string of the molecule is CN(C(=O)CN(C1CCCCC1)S(=O)(=O)c1ccccc1)c1ccc(F)cc1. The normalized spacial score (nSPS) is 15.5. The molecule has 2 aromatic rings. The van der Waals surface area contributed by atoms with Crippen molar-refractivity contribution in [1.29, 1.82) is 0 Å². The van der Waals surface area contributed by atoms with Gasteiger partial charge in [-0.25, -0.2) is 12.8 Å². The molecule has 3 rings (SSSR count). The molecule has 0 radical (unpaired) electrons. The van der Waals surface area contributed by atoms with Crippen LogP contribution in [0.25, 0.3) is 0 Å². The molecule has 0 spiro atoms. The topological polar surface area (TPSA) is 57.7 Å². The van der Waals surface area contributed by atoms with E-state index in [1.54, 1.807) is 37.4 Å². The van der Waals surface area contributed by atoms with E-state index in [1.165, 1.54) is 33.5 Å². The van der Waals surface area contributed by atoms with Gasteiger partial charge in [0.15, 0.2) is 0 Å². The molecular weight excluding hydrogens is 379 g/mol. The first-order chi connectivity index (χ1) is 13.4. The first-order valence-corrected chi connectivity index (χ1v) is 10.9. The highest BCUT2D eigenvalue weighted by Crippen LogP contribution is 2.28. The Hall–Kier alpha value is -2.25. The second kappa shape index (κ2) is 8.84. The summed E-state index contributed by atoms with van der Waals surface area (Å²) < 4.78 is 41.1. The van der Waals surface area contributed by atoms with E-state index in [0.717, 1.165) is 32.1 Å². The molecule has 2 aromatic carbocycles. The summed E-state index contributed by atoms with van der Waals surface area (Å²) in [4.78, 5) is 14.4. The summed E-state index contributed by atoms with van der Waals surface area (Å²) in [7, 11) is -2.22. The molecule has 1 fully saturated rings. The lowest BCUT2D eigenvalue weighted by Gasteiger charge is -2.34. The van der Waals surface area contributed by atoms with Crippen molar-refractivity contribution in [3.63, 3.8) is 0 Å². The number of nitrogens with zero attached hydrogens (tertiary/aromatic N) is 2. The van der Waals surface area contributed by atoms with Crippen LogP contribution < -0.4 is 4.90 Å². The lowest BCUT2D eigenvalue weighted by atomic mass is 9.95. The molecule has 0 N–H and O–H groups in total.